The molecule has 174 valence electrons. The van der Waals surface area contributed by atoms with E-state index in [1.54, 1.807) is 18.2 Å². The number of hydrogen-bond acceptors (Lipinski definition) is 8. The molecule has 0 unspecified atom stereocenters. The van der Waals surface area contributed by atoms with Crippen LogP contribution in [-0.2, 0) is 14.3 Å². The minimum atomic E-state index is -0.517. The van der Waals surface area contributed by atoms with Crippen LogP contribution < -0.4 is 14.2 Å². The molecule has 1 aliphatic heterocycles. The molecule has 1 saturated heterocycles. The van der Waals surface area contributed by atoms with Crippen LogP contribution in [0.15, 0.2) is 41.3 Å². The second-order valence-electron chi connectivity index (χ2n) is 6.90. The van der Waals surface area contributed by atoms with Gasteiger partial charge in [0.15, 0.2) is 18.1 Å². The molecule has 0 aromatic heterocycles. The highest BCUT2D eigenvalue weighted by atomic mass is 127. The summed E-state index contributed by atoms with van der Waals surface area (Å²) in [5.74, 6) is 0.577. The highest BCUT2D eigenvalue weighted by molar-refractivity contribution is 14.1. The molecule has 3 rings (SSSR count). The van der Waals surface area contributed by atoms with Crippen molar-refractivity contribution in [2.75, 3.05) is 34.0 Å². The first-order chi connectivity index (χ1) is 15.8. The largest absolute Gasteiger partial charge is 0.493 e. The zero-order valence-electron chi connectivity index (χ0n) is 18.3. The fourth-order valence-corrected chi connectivity index (χ4v) is 4.60. The third-order valence-corrected chi connectivity index (χ3v) is 6.27. The number of nitrogens with zero attached hydrogens (tertiary/aromatic N) is 1. The van der Waals surface area contributed by atoms with Gasteiger partial charge in [-0.05, 0) is 82.7 Å². The quantitative estimate of drug-likeness (QED) is 0.246. The van der Waals surface area contributed by atoms with E-state index >= 15 is 0 Å². The average molecular weight is 583 g/mol. The highest BCUT2D eigenvalue weighted by Gasteiger charge is 2.35. The molecule has 0 aliphatic carbocycles. The lowest BCUT2D eigenvalue weighted by atomic mass is 10.2. The zero-order valence-corrected chi connectivity index (χ0v) is 21.2. The van der Waals surface area contributed by atoms with Gasteiger partial charge in [0.1, 0.15) is 12.4 Å². The van der Waals surface area contributed by atoms with Crippen LogP contribution in [0.25, 0.3) is 6.08 Å². The van der Waals surface area contributed by atoms with Gasteiger partial charge in [-0.1, -0.05) is 12.1 Å². The summed E-state index contributed by atoms with van der Waals surface area (Å²) in [4.78, 5) is 38.0. The van der Waals surface area contributed by atoms with E-state index in [0.29, 0.717) is 31.3 Å². The van der Waals surface area contributed by atoms with Crippen LogP contribution in [0.4, 0.5) is 4.79 Å². The zero-order chi connectivity index (χ0) is 24.0. The molecule has 0 N–H and O–H groups in total. The Hall–Kier alpha value is -2.73. The normalized spacial score (nSPS) is 14.5. The van der Waals surface area contributed by atoms with E-state index in [4.69, 9.17) is 14.2 Å². The first-order valence-electron chi connectivity index (χ1n) is 9.84. The minimum Gasteiger partial charge on any atom is -0.493 e. The Morgan fingerprint density at radius 1 is 1.15 bits per heavy atom. The van der Waals surface area contributed by atoms with E-state index < -0.39 is 5.97 Å². The number of carbonyl (C=O) groups is 3. The van der Waals surface area contributed by atoms with E-state index in [1.165, 1.54) is 19.1 Å². The Morgan fingerprint density at radius 2 is 1.94 bits per heavy atom. The first-order valence-corrected chi connectivity index (χ1v) is 11.7. The third-order valence-electron chi connectivity index (χ3n) is 4.56. The summed E-state index contributed by atoms with van der Waals surface area (Å²) in [7, 11) is 2.75. The maximum Gasteiger partial charge on any atom is 0.343 e. The number of rotatable bonds is 9. The minimum absolute atomic E-state index is 0.150. The summed E-state index contributed by atoms with van der Waals surface area (Å²) >= 11 is 2.92. The lowest BCUT2D eigenvalue weighted by Gasteiger charge is -2.14. The molecule has 1 aliphatic rings. The first kappa shape index (κ1) is 24.9. The number of amides is 2. The summed E-state index contributed by atoms with van der Waals surface area (Å²) in [5.41, 5.74) is 1.72. The second-order valence-corrected chi connectivity index (χ2v) is 9.05. The Balaban J connectivity index is 1.70. The van der Waals surface area contributed by atoms with Gasteiger partial charge in [-0.15, -0.1) is 0 Å². The van der Waals surface area contributed by atoms with Crippen molar-refractivity contribution in [3.63, 3.8) is 0 Å². The number of aryl methyl sites for hydroxylation is 1. The predicted molar refractivity (Wildman–Crippen MR) is 133 cm³/mol. The van der Waals surface area contributed by atoms with Gasteiger partial charge in [0.05, 0.1) is 29.2 Å². The van der Waals surface area contributed by atoms with E-state index in [9.17, 15) is 14.4 Å². The molecular formula is C23H22INO7S. The van der Waals surface area contributed by atoms with Gasteiger partial charge in [-0.2, -0.15) is 0 Å². The number of benzene rings is 2. The van der Waals surface area contributed by atoms with Crippen molar-refractivity contribution in [1.29, 1.82) is 0 Å². The number of imide groups is 1. The molecule has 8 nitrogen and oxygen atoms in total. The summed E-state index contributed by atoms with van der Waals surface area (Å²) in [6.07, 6.45) is 1.63. The Labute approximate surface area is 209 Å². The van der Waals surface area contributed by atoms with Crippen LogP contribution in [-0.4, -0.2) is 56.0 Å². The summed E-state index contributed by atoms with van der Waals surface area (Å²) in [6.45, 7) is 2.05. The molecule has 0 radical (unpaired) electrons. The van der Waals surface area contributed by atoms with E-state index in [1.807, 2.05) is 53.8 Å². The molecule has 10 heteroatoms. The molecule has 2 aromatic carbocycles. The molecular weight excluding hydrogens is 561 g/mol. The number of hydrogen-bond donors (Lipinski definition) is 0. The van der Waals surface area contributed by atoms with Crippen molar-refractivity contribution >= 4 is 57.5 Å². The van der Waals surface area contributed by atoms with Crippen LogP contribution in [0.2, 0.25) is 0 Å². The molecule has 0 atom stereocenters. The molecule has 33 heavy (non-hydrogen) atoms. The number of thioether (sulfide) groups is 1. The molecule has 1 heterocycles. The lowest BCUT2D eigenvalue weighted by Crippen LogP contribution is -2.32. The summed E-state index contributed by atoms with van der Waals surface area (Å²) in [5, 5.41) is -0.348. The van der Waals surface area contributed by atoms with Crippen LogP contribution in [0.3, 0.4) is 0 Å². The van der Waals surface area contributed by atoms with Gasteiger partial charge >= 0.3 is 5.97 Å². The smallest absolute Gasteiger partial charge is 0.343 e. The Kier molecular flexibility index (Phi) is 8.61. The number of esters is 1. The molecule has 0 spiro atoms. The van der Waals surface area contributed by atoms with Gasteiger partial charge in [0.2, 0.25) is 0 Å². The van der Waals surface area contributed by atoms with Crippen LogP contribution in [0, 0.1) is 10.5 Å². The fraction of sp³-hybridized carbons (Fsp3) is 0.261. The van der Waals surface area contributed by atoms with Crippen molar-refractivity contribution in [3.8, 4) is 17.2 Å². The second kappa shape index (κ2) is 11.4. The average Bonchev–Trinajstić information content (AvgIpc) is 3.05. The highest BCUT2D eigenvalue weighted by Crippen LogP contribution is 2.37. The van der Waals surface area contributed by atoms with Crippen molar-refractivity contribution in [2.24, 2.45) is 0 Å². The molecule has 2 aromatic rings. The van der Waals surface area contributed by atoms with Gasteiger partial charge in [-0.3, -0.25) is 14.5 Å². The molecule has 1 fully saturated rings. The Bertz CT molecular complexity index is 1100. The van der Waals surface area contributed by atoms with Crippen LogP contribution in [0.1, 0.15) is 11.1 Å². The molecule has 0 bridgehead atoms. The van der Waals surface area contributed by atoms with Crippen molar-refractivity contribution in [2.45, 2.75) is 6.92 Å². The summed E-state index contributed by atoms with van der Waals surface area (Å²) < 4.78 is 21.8. The topological polar surface area (TPSA) is 91.4 Å². The van der Waals surface area contributed by atoms with E-state index in [-0.39, 0.29) is 30.9 Å². The van der Waals surface area contributed by atoms with Crippen LogP contribution in [0.5, 0.6) is 17.2 Å². The number of ether oxygens (including phenoxy) is 4. The van der Waals surface area contributed by atoms with Crippen LogP contribution >= 0.6 is 34.4 Å². The van der Waals surface area contributed by atoms with Gasteiger partial charge < -0.3 is 18.9 Å². The predicted octanol–water partition coefficient (Wildman–Crippen LogP) is 4.28. The van der Waals surface area contributed by atoms with E-state index in [0.717, 1.165) is 17.3 Å². The number of methoxy groups -OCH3 is 2. The van der Waals surface area contributed by atoms with E-state index in [2.05, 4.69) is 4.74 Å². The maximum atomic E-state index is 12.8. The lowest BCUT2D eigenvalue weighted by molar-refractivity contribution is -0.143. The fourth-order valence-electron chi connectivity index (χ4n) is 2.96. The molecule has 2 amide bonds. The molecule has 0 saturated carbocycles. The standard InChI is InChI=1S/C23H22INO7S/c1-14-5-4-6-16(9-14)31-8-7-25-22(27)19(33-23(25)28)12-15-10-17(24)21(18(11-15)29-2)32-13-20(26)30-3/h4-6,9-12H,7-8,13H2,1-3H3/b19-12-. The monoisotopic (exact) mass is 583 g/mol. The van der Waals surface area contributed by atoms with Gasteiger partial charge in [0.25, 0.3) is 11.1 Å². The van der Waals surface area contributed by atoms with Gasteiger partial charge in [-0.25, -0.2) is 4.79 Å². The van der Waals surface area contributed by atoms with Crippen molar-refractivity contribution < 1.29 is 33.3 Å². The number of halogens is 1. The van der Waals surface area contributed by atoms with Crippen molar-refractivity contribution in [1.82, 2.24) is 4.90 Å². The van der Waals surface area contributed by atoms with Gasteiger partial charge in [0, 0.05) is 0 Å². The SMILES string of the molecule is COC(=O)COc1c(I)cc(/C=C2\SC(=O)N(CCOc3cccc(C)c3)C2=O)cc1OC. The van der Waals surface area contributed by atoms with Crippen molar-refractivity contribution in [3.05, 3.63) is 56.0 Å². The number of carbonyl (C=O) groups excluding carboxylic acids is 3. The Morgan fingerprint density at radius 3 is 2.64 bits per heavy atom. The maximum absolute atomic E-state index is 12.8. The summed E-state index contributed by atoms with van der Waals surface area (Å²) in [6, 6.07) is 11.0. The third kappa shape index (κ3) is 6.41.